The summed E-state index contributed by atoms with van der Waals surface area (Å²) in [6.45, 7) is 12.0. The van der Waals surface area contributed by atoms with Crippen LogP contribution in [0.4, 0.5) is 0 Å². The van der Waals surface area contributed by atoms with Crippen molar-refractivity contribution in [1.29, 1.82) is 0 Å². The molecular formula is C12H24N2O2. The average Bonchev–Trinajstić information content (AvgIpc) is 2.20. The summed E-state index contributed by atoms with van der Waals surface area (Å²) in [5, 5.41) is 3.22. The van der Waals surface area contributed by atoms with Gasteiger partial charge in [0.15, 0.2) is 0 Å². The summed E-state index contributed by atoms with van der Waals surface area (Å²) in [6, 6.07) is 0.168. The first-order chi connectivity index (χ1) is 7.38. The molecule has 0 aliphatic carbocycles. The fraction of sp³-hybridized carbons (Fsp3) is 0.917. The van der Waals surface area contributed by atoms with Crippen LogP contribution in [0.1, 0.15) is 34.6 Å². The normalized spacial score (nSPS) is 26.9. The molecule has 0 aromatic heterocycles. The van der Waals surface area contributed by atoms with Gasteiger partial charge in [-0.15, -0.1) is 0 Å². The van der Waals surface area contributed by atoms with E-state index in [4.69, 9.17) is 4.74 Å². The molecule has 1 amide bonds. The number of carbonyl (C=O) groups is 1. The summed E-state index contributed by atoms with van der Waals surface area (Å²) in [6.07, 6.45) is 0.137. The Morgan fingerprint density at radius 1 is 1.50 bits per heavy atom. The summed E-state index contributed by atoms with van der Waals surface area (Å²) in [7, 11) is 0. The molecule has 1 aliphatic rings. The molecule has 0 bridgehead atoms. The van der Waals surface area contributed by atoms with Gasteiger partial charge in [0.05, 0.1) is 24.3 Å². The topological polar surface area (TPSA) is 41.6 Å². The molecule has 4 nitrogen and oxygen atoms in total. The second-order valence-corrected chi connectivity index (χ2v) is 5.11. The molecule has 0 spiro atoms. The molecule has 1 N–H and O–H groups in total. The van der Waals surface area contributed by atoms with Crippen molar-refractivity contribution < 1.29 is 9.53 Å². The summed E-state index contributed by atoms with van der Waals surface area (Å²) in [4.78, 5) is 14.3. The Hall–Kier alpha value is -0.610. The molecule has 1 saturated heterocycles. The first-order valence-corrected chi connectivity index (χ1v) is 6.06. The van der Waals surface area contributed by atoms with Crippen molar-refractivity contribution in [3.63, 3.8) is 0 Å². The predicted molar refractivity (Wildman–Crippen MR) is 64.3 cm³/mol. The Morgan fingerprint density at radius 2 is 2.12 bits per heavy atom. The lowest BCUT2D eigenvalue weighted by Gasteiger charge is -2.41. The van der Waals surface area contributed by atoms with Crippen LogP contribution < -0.4 is 5.32 Å². The fourth-order valence-electron chi connectivity index (χ4n) is 2.06. The molecule has 1 fully saturated rings. The average molecular weight is 228 g/mol. The van der Waals surface area contributed by atoms with E-state index in [2.05, 4.69) is 5.32 Å². The number of hydrogen-bond acceptors (Lipinski definition) is 3. The Balaban J connectivity index is 2.71. The highest BCUT2D eigenvalue weighted by molar-refractivity contribution is 5.85. The van der Waals surface area contributed by atoms with E-state index in [9.17, 15) is 4.79 Å². The molecule has 0 radical (unpaired) electrons. The Kier molecular flexibility index (Phi) is 4.33. The van der Waals surface area contributed by atoms with E-state index in [1.54, 1.807) is 0 Å². The van der Waals surface area contributed by atoms with Gasteiger partial charge in [-0.2, -0.15) is 0 Å². The number of amides is 1. The van der Waals surface area contributed by atoms with Crippen LogP contribution in [0, 0.1) is 0 Å². The van der Waals surface area contributed by atoms with Crippen molar-refractivity contribution >= 4 is 5.91 Å². The summed E-state index contributed by atoms with van der Waals surface area (Å²) in [5.74, 6) is 0.164. The molecule has 0 aromatic carbocycles. The van der Waals surface area contributed by atoms with Crippen LogP contribution in [0.25, 0.3) is 0 Å². The molecule has 2 atom stereocenters. The number of hydrogen-bond donors (Lipinski definition) is 1. The van der Waals surface area contributed by atoms with Gasteiger partial charge in [0.25, 0.3) is 0 Å². The number of morpholine rings is 1. The van der Waals surface area contributed by atoms with E-state index >= 15 is 0 Å². The van der Waals surface area contributed by atoms with Crippen LogP contribution >= 0.6 is 0 Å². The fourth-order valence-corrected chi connectivity index (χ4v) is 2.06. The smallest absolute Gasteiger partial charge is 0.242 e. The molecule has 2 unspecified atom stereocenters. The number of ether oxygens (including phenoxy) is 1. The Bertz CT molecular complexity index is 253. The van der Waals surface area contributed by atoms with Gasteiger partial charge in [-0.1, -0.05) is 6.92 Å². The molecule has 94 valence electrons. The van der Waals surface area contributed by atoms with Crippen molar-refractivity contribution in [1.82, 2.24) is 10.2 Å². The van der Waals surface area contributed by atoms with E-state index in [1.807, 2.05) is 39.5 Å². The third kappa shape index (κ3) is 2.95. The van der Waals surface area contributed by atoms with Crippen LogP contribution in [0.3, 0.4) is 0 Å². The van der Waals surface area contributed by atoms with E-state index in [1.165, 1.54) is 0 Å². The third-order valence-electron chi connectivity index (χ3n) is 3.02. The highest BCUT2D eigenvalue weighted by atomic mass is 16.5. The van der Waals surface area contributed by atoms with E-state index in [-0.39, 0.29) is 18.1 Å². The second-order valence-electron chi connectivity index (χ2n) is 5.11. The first-order valence-electron chi connectivity index (χ1n) is 6.06. The quantitative estimate of drug-likeness (QED) is 0.784. The van der Waals surface area contributed by atoms with Crippen molar-refractivity contribution in [2.24, 2.45) is 0 Å². The predicted octanol–water partition coefficient (Wildman–Crippen LogP) is 1.01. The Morgan fingerprint density at radius 3 is 2.69 bits per heavy atom. The maximum atomic E-state index is 12.4. The van der Waals surface area contributed by atoms with Crippen molar-refractivity contribution in [2.75, 3.05) is 19.7 Å². The number of nitrogens with zero attached hydrogens (tertiary/aromatic N) is 1. The molecule has 1 rings (SSSR count). The second kappa shape index (κ2) is 5.15. The van der Waals surface area contributed by atoms with Crippen LogP contribution in [0.5, 0.6) is 0 Å². The highest BCUT2D eigenvalue weighted by Gasteiger charge is 2.36. The van der Waals surface area contributed by atoms with Crippen LogP contribution in [0.2, 0.25) is 0 Å². The van der Waals surface area contributed by atoms with Crippen molar-refractivity contribution in [3.05, 3.63) is 0 Å². The molecule has 0 aromatic rings. The van der Waals surface area contributed by atoms with E-state index < -0.39 is 5.54 Å². The van der Waals surface area contributed by atoms with Gasteiger partial charge in [0.2, 0.25) is 5.91 Å². The SMILES string of the molecule is CCNC(C)(C)C(=O)N1CC(C)OCC1C. The van der Waals surface area contributed by atoms with E-state index in [0.29, 0.717) is 13.2 Å². The molecule has 1 aliphatic heterocycles. The van der Waals surface area contributed by atoms with Gasteiger partial charge in [-0.3, -0.25) is 4.79 Å². The standard InChI is InChI=1S/C12H24N2O2/c1-6-13-12(4,5)11(15)14-7-10(3)16-8-9(14)2/h9-10,13H,6-8H2,1-5H3. The molecule has 16 heavy (non-hydrogen) atoms. The molecule has 0 saturated carbocycles. The molecular weight excluding hydrogens is 204 g/mol. The lowest BCUT2D eigenvalue weighted by atomic mass is 10.0. The third-order valence-corrected chi connectivity index (χ3v) is 3.02. The van der Waals surface area contributed by atoms with Gasteiger partial charge in [0, 0.05) is 6.54 Å². The van der Waals surface area contributed by atoms with Crippen LogP contribution in [-0.2, 0) is 9.53 Å². The number of rotatable bonds is 3. The van der Waals surface area contributed by atoms with Gasteiger partial charge >= 0.3 is 0 Å². The van der Waals surface area contributed by atoms with E-state index in [0.717, 1.165) is 6.54 Å². The monoisotopic (exact) mass is 228 g/mol. The summed E-state index contributed by atoms with van der Waals surface area (Å²) < 4.78 is 5.53. The number of likely N-dealkylation sites (N-methyl/N-ethyl adjacent to an activating group) is 1. The number of carbonyl (C=O) groups excluding carboxylic acids is 1. The minimum atomic E-state index is -0.486. The van der Waals surface area contributed by atoms with Crippen molar-refractivity contribution in [2.45, 2.75) is 52.3 Å². The lowest BCUT2D eigenvalue weighted by Crippen LogP contribution is -2.60. The zero-order chi connectivity index (χ0) is 12.3. The Labute approximate surface area is 98.3 Å². The minimum Gasteiger partial charge on any atom is -0.375 e. The highest BCUT2D eigenvalue weighted by Crippen LogP contribution is 2.16. The zero-order valence-electron chi connectivity index (χ0n) is 11.0. The lowest BCUT2D eigenvalue weighted by molar-refractivity contribution is -0.149. The number of nitrogens with one attached hydrogen (secondary N) is 1. The zero-order valence-corrected chi connectivity index (χ0v) is 11.0. The van der Waals surface area contributed by atoms with Gasteiger partial charge < -0.3 is 15.0 Å². The minimum absolute atomic E-state index is 0.137. The molecule has 1 heterocycles. The van der Waals surface area contributed by atoms with Crippen LogP contribution in [0.15, 0.2) is 0 Å². The van der Waals surface area contributed by atoms with Gasteiger partial charge in [0.1, 0.15) is 0 Å². The van der Waals surface area contributed by atoms with Crippen molar-refractivity contribution in [3.8, 4) is 0 Å². The maximum absolute atomic E-state index is 12.4. The maximum Gasteiger partial charge on any atom is 0.242 e. The van der Waals surface area contributed by atoms with Gasteiger partial charge in [-0.25, -0.2) is 0 Å². The van der Waals surface area contributed by atoms with Crippen LogP contribution in [-0.4, -0.2) is 48.2 Å². The first kappa shape index (κ1) is 13.5. The summed E-state index contributed by atoms with van der Waals surface area (Å²) in [5.41, 5.74) is -0.486. The summed E-state index contributed by atoms with van der Waals surface area (Å²) >= 11 is 0. The van der Waals surface area contributed by atoms with Gasteiger partial charge in [-0.05, 0) is 34.2 Å². The largest absolute Gasteiger partial charge is 0.375 e. The molecule has 4 heteroatoms.